The van der Waals surface area contributed by atoms with E-state index < -0.39 is 6.10 Å². The van der Waals surface area contributed by atoms with Crippen molar-refractivity contribution < 1.29 is 38.3 Å². The number of nitrogens with zero attached hydrogens (tertiary/aromatic N) is 2. The summed E-state index contributed by atoms with van der Waals surface area (Å²) in [6.45, 7) is 12.4. The highest BCUT2D eigenvalue weighted by molar-refractivity contribution is 5.90. The molecule has 2 saturated heterocycles. The third-order valence-electron chi connectivity index (χ3n) is 7.66. The summed E-state index contributed by atoms with van der Waals surface area (Å²) in [6, 6.07) is 0. The van der Waals surface area contributed by atoms with E-state index in [-0.39, 0.29) is 12.2 Å². The van der Waals surface area contributed by atoms with Crippen LogP contribution in [0.4, 0.5) is 0 Å². The minimum Gasteiger partial charge on any atom is -0.501 e. The summed E-state index contributed by atoms with van der Waals surface area (Å²) in [4.78, 5) is 17.4. The zero-order valence-corrected chi connectivity index (χ0v) is 27.3. The van der Waals surface area contributed by atoms with E-state index in [4.69, 9.17) is 28.4 Å². The molecule has 2 heterocycles. The first-order chi connectivity index (χ1) is 22.0. The molecule has 0 saturated carbocycles. The standard InChI is InChI=1S/C35H52N2O8/c1-29(40-2)30(8-5-20-42-22-17-37-18-25-44-26-19-37)10-12-32(38)27-33(39)13-11-31-7-4-9-34(28-35(31)41-3)45-21-6-14-36-15-23-43-24-16-36/h5,7-13,28,32,38H,4,6,14-27H2,1-3H3/b8-5-,12-10+,13-11+,30-29-. The summed E-state index contributed by atoms with van der Waals surface area (Å²) in [5.41, 5.74) is 1.58. The van der Waals surface area contributed by atoms with E-state index in [0.29, 0.717) is 37.8 Å². The highest BCUT2D eigenvalue weighted by atomic mass is 16.5. The molecule has 10 heteroatoms. The Labute approximate surface area is 268 Å². The number of carbonyl (C=O) groups excluding carboxylic acids is 1. The van der Waals surface area contributed by atoms with Crippen LogP contribution in [0.3, 0.4) is 0 Å². The zero-order valence-electron chi connectivity index (χ0n) is 27.3. The van der Waals surface area contributed by atoms with Crippen LogP contribution in [0.5, 0.6) is 0 Å². The van der Waals surface area contributed by atoms with Crippen LogP contribution < -0.4 is 0 Å². The SMILES string of the molecule is COC1=CC(OCCCN2CCOCC2)=CCC=C1/C=C/C(=O)CC(O)/C=C/C(/C=C\COCCN1CCOCC1)=C(/C)OC. The predicted octanol–water partition coefficient (Wildman–Crippen LogP) is 3.73. The lowest BCUT2D eigenvalue weighted by Crippen LogP contribution is -2.38. The van der Waals surface area contributed by atoms with Gasteiger partial charge in [-0.2, -0.15) is 0 Å². The van der Waals surface area contributed by atoms with Crippen molar-refractivity contribution in [1.82, 2.24) is 9.80 Å². The average molecular weight is 629 g/mol. The van der Waals surface area contributed by atoms with Crippen molar-refractivity contribution in [3.05, 3.63) is 83.1 Å². The number of aliphatic hydroxyl groups excluding tert-OH is 1. The topological polar surface area (TPSA) is 99.2 Å². The van der Waals surface area contributed by atoms with Crippen LogP contribution in [0.2, 0.25) is 0 Å². The number of ether oxygens (including phenoxy) is 6. The third kappa shape index (κ3) is 14.8. The van der Waals surface area contributed by atoms with Crippen molar-refractivity contribution in [2.75, 3.05) is 99.7 Å². The molecule has 3 aliphatic rings. The molecule has 0 aromatic carbocycles. The molecule has 1 aliphatic carbocycles. The second kappa shape index (κ2) is 21.7. The summed E-state index contributed by atoms with van der Waals surface area (Å²) < 4.78 is 33.5. The van der Waals surface area contributed by atoms with Crippen LogP contribution in [0.1, 0.15) is 26.2 Å². The number of ketones is 1. The second-order valence-corrected chi connectivity index (χ2v) is 10.9. The molecule has 1 N–H and O–H groups in total. The van der Waals surface area contributed by atoms with Gasteiger partial charge >= 0.3 is 0 Å². The lowest BCUT2D eigenvalue weighted by molar-refractivity contribution is -0.115. The number of hydrogen-bond acceptors (Lipinski definition) is 10. The van der Waals surface area contributed by atoms with Crippen LogP contribution in [-0.2, 0) is 33.2 Å². The monoisotopic (exact) mass is 628 g/mol. The quantitative estimate of drug-likeness (QED) is 0.0987. The van der Waals surface area contributed by atoms with E-state index in [2.05, 4.69) is 9.80 Å². The summed E-state index contributed by atoms with van der Waals surface area (Å²) >= 11 is 0. The first-order valence-electron chi connectivity index (χ1n) is 15.9. The van der Waals surface area contributed by atoms with Crippen molar-refractivity contribution in [1.29, 1.82) is 0 Å². The summed E-state index contributed by atoms with van der Waals surface area (Å²) in [6.07, 6.45) is 16.8. The first kappa shape index (κ1) is 36.5. The zero-order chi connectivity index (χ0) is 32.1. The number of methoxy groups -OCH3 is 2. The summed E-state index contributed by atoms with van der Waals surface area (Å²) in [7, 11) is 3.20. The molecule has 2 aliphatic heterocycles. The molecule has 0 aromatic rings. The Hall–Kier alpha value is -2.99. The van der Waals surface area contributed by atoms with Gasteiger partial charge in [0.25, 0.3) is 0 Å². The normalized spacial score (nSPS) is 20.0. The molecule has 0 bridgehead atoms. The minimum absolute atomic E-state index is 0.0459. The van der Waals surface area contributed by atoms with E-state index in [1.165, 1.54) is 6.08 Å². The molecule has 250 valence electrons. The minimum atomic E-state index is -0.945. The third-order valence-corrected chi connectivity index (χ3v) is 7.66. The molecule has 1 atom stereocenters. The van der Waals surface area contributed by atoms with E-state index in [1.54, 1.807) is 32.4 Å². The van der Waals surface area contributed by atoms with Gasteiger partial charge in [-0.15, -0.1) is 0 Å². The van der Waals surface area contributed by atoms with E-state index >= 15 is 0 Å². The Morgan fingerprint density at radius 1 is 0.978 bits per heavy atom. The van der Waals surface area contributed by atoms with Gasteiger partial charge in [-0.25, -0.2) is 0 Å². The van der Waals surface area contributed by atoms with Gasteiger partial charge in [0, 0.05) is 62.9 Å². The summed E-state index contributed by atoms with van der Waals surface area (Å²) in [5.74, 6) is 1.88. The average Bonchev–Trinajstić information content (AvgIpc) is 3.27. The van der Waals surface area contributed by atoms with Crippen LogP contribution in [0.15, 0.2) is 83.1 Å². The van der Waals surface area contributed by atoms with Gasteiger partial charge in [0.2, 0.25) is 0 Å². The molecular weight excluding hydrogens is 576 g/mol. The number of hydrogen-bond donors (Lipinski definition) is 1. The maximum atomic E-state index is 12.7. The Balaban J connectivity index is 1.42. The maximum Gasteiger partial charge on any atom is 0.158 e. The Morgan fingerprint density at radius 3 is 2.38 bits per heavy atom. The van der Waals surface area contributed by atoms with Gasteiger partial charge in [-0.3, -0.25) is 14.6 Å². The highest BCUT2D eigenvalue weighted by Gasteiger charge is 2.13. The fraction of sp³-hybridized carbons (Fsp3) is 0.571. The van der Waals surface area contributed by atoms with Gasteiger partial charge in [0.1, 0.15) is 11.5 Å². The Kier molecular flexibility index (Phi) is 17.6. The van der Waals surface area contributed by atoms with Crippen molar-refractivity contribution in [2.45, 2.75) is 32.3 Å². The van der Waals surface area contributed by atoms with Crippen molar-refractivity contribution >= 4 is 5.78 Å². The molecule has 0 aromatic heterocycles. The van der Waals surface area contributed by atoms with Gasteiger partial charge in [-0.1, -0.05) is 30.4 Å². The predicted molar refractivity (Wildman–Crippen MR) is 175 cm³/mol. The molecule has 10 nitrogen and oxygen atoms in total. The molecule has 0 amide bonds. The molecule has 0 radical (unpaired) electrons. The number of rotatable bonds is 19. The number of carbonyl (C=O) groups is 1. The number of allylic oxidation sites excluding steroid dienone is 9. The number of morpholine rings is 2. The molecule has 1 unspecified atom stereocenters. The fourth-order valence-corrected chi connectivity index (χ4v) is 4.90. The molecule has 45 heavy (non-hydrogen) atoms. The van der Waals surface area contributed by atoms with Crippen molar-refractivity contribution in [3.63, 3.8) is 0 Å². The molecular formula is C35H52N2O8. The molecule has 3 rings (SSSR count). The Morgan fingerprint density at radius 2 is 1.69 bits per heavy atom. The second-order valence-electron chi connectivity index (χ2n) is 10.9. The van der Waals surface area contributed by atoms with Crippen molar-refractivity contribution in [3.8, 4) is 0 Å². The number of aliphatic hydroxyl groups is 1. The van der Waals surface area contributed by atoms with Crippen LogP contribution in [0, 0.1) is 0 Å². The fourth-order valence-electron chi connectivity index (χ4n) is 4.90. The van der Waals surface area contributed by atoms with Crippen LogP contribution >= 0.6 is 0 Å². The lowest BCUT2D eigenvalue weighted by atomic mass is 10.1. The smallest absolute Gasteiger partial charge is 0.158 e. The summed E-state index contributed by atoms with van der Waals surface area (Å²) in [5, 5.41) is 10.5. The van der Waals surface area contributed by atoms with Crippen LogP contribution in [-0.4, -0.2) is 127 Å². The highest BCUT2D eigenvalue weighted by Crippen LogP contribution is 2.21. The van der Waals surface area contributed by atoms with Gasteiger partial charge < -0.3 is 33.5 Å². The maximum absolute atomic E-state index is 12.7. The van der Waals surface area contributed by atoms with Crippen LogP contribution in [0.25, 0.3) is 0 Å². The van der Waals surface area contributed by atoms with E-state index in [9.17, 15) is 9.90 Å². The molecule has 0 spiro atoms. The molecule has 2 fully saturated rings. The van der Waals surface area contributed by atoms with E-state index in [1.807, 2.05) is 37.3 Å². The van der Waals surface area contributed by atoms with Crippen molar-refractivity contribution in [2.24, 2.45) is 0 Å². The van der Waals surface area contributed by atoms with Gasteiger partial charge in [0.05, 0.1) is 72.3 Å². The largest absolute Gasteiger partial charge is 0.501 e. The Bertz CT molecular complexity index is 1110. The first-order valence-corrected chi connectivity index (χ1v) is 15.9. The van der Waals surface area contributed by atoms with Gasteiger partial charge in [-0.05, 0) is 38.0 Å². The van der Waals surface area contributed by atoms with Gasteiger partial charge in [0.15, 0.2) is 5.78 Å². The van der Waals surface area contributed by atoms with E-state index in [0.717, 1.165) is 89.0 Å². The lowest BCUT2D eigenvalue weighted by Gasteiger charge is -2.26.